The van der Waals surface area contributed by atoms with Crippen LogP contribution in [-0.4, -0.2) is 63.0 Å². The van der Waals surface area contributed by atoms with Crippen LogP contribution >= 0.6 is 0 Å². The van der Waals surface area contributed by atoms with Crippen LogP contribution in [0.4, 0.5) is 4.79 Å². The third kappa shape index (κ3) is 4.85. The van der Waals surface area contributed by atoms with E-state index < -0.39 is 0 Å². The highest BCUT2D eigenvalue weighted by molar-refractivity contribution is 6.00. The van der Waals surface area contributed by atoms with Crippen molar-refractivity contribution in [3.05, 3.63) is 17.0 Å². The molecule has 5 rings (SSSR count). The molecule has 3 heterocycles. The Morgan fingerprint density at radius 1 is 0.943 bits per heavy atom. The van der Waals surface area contributed by atoms with Crippen molar-refractivity contribution in [1.82, 2.24) is 24.9 Å². The lowest BCUT2D eigenvalue weighted by Gasteiger charge is -2.34. The molecule has 192 valence electrons. The Labute approximate surface area is 208 Å². The number of aromatic nitrogens is 2. The van der Waals surface area contributed by atoms with Gasteiger partial charge in [0, 0.05) is 39.0 Å². The first-order chi connectivity index (χ1) is 16.7. The van der Waals surface area contributed by atoms with Gasteiger partial charge in [0.1, 0.15) is 0 Å². The largest absolute Gasteiger partial charge is 0.343 e. The number of amides is 3. The lowest BCUT2D eigenvalue weighted by atomic mass is 9.75. The third-order valence-corrected chi connectivity index (χ3v) is 8.62. The van der Waals surface area contributed by atoms with Gasteiger partial charge < -0.3 is 15.1 Å². The minimum Gasteiger partial charge on any atom is -0.343 e. The topological polar surface area (TPSA) is 87.5 Å². The smallest absolute Gasteiger partial charge is 0.318 e. The van der Waals surface area contributed by atoms with Crippen LogP contribution in [0.25, 0.3) is 0 Å². The van der Waals surface area contributed by atoms with Crippen LogP contribution in [-0.2, 0) is 11.2 Å². The molecule has 0 spiro atoms. The van der Waals surface area contributed by atoms with Gasteiger partial charge in [-0.15, -0.1) is 0 Å². The fourth-order valence-electron chi connectivity index (χ4n) is 6.76. The molecule has 1 N–H and O–H groups in total. The third-order valence-electron chi connectivity index (χ3n) is 8.62. The fourth-order valence-corrected chi connectivity index (χ4v) is 6.76. The minimum atomic E-state index is -0.143. The van der Waals surface area contributed by atoms with Gasteiger partial charge in [0.25, 0.3) is 0 Å². The van der Waals surface area contributed by atoms with Gasteiger partial charge in [0.2, 0.25) is 5.91 Å². The standard InChI is InChI=1S/C27H41N5O3/c1-18(33)30-14-11-20(12-15-30)32-22-16-27(2,3)17-23(34)24(22)25(29-32)21-10-7-13-31(21)26(35)28-19-8-5-4-6-9-19/h19-21H,4-17H2,1-3H3,(H,28,35)/t21-/m1/s1. The summed E-state index contributed by atoms with van der Waals surface area (Å²) in [6.45, 7) is 8.09. The van der Waals surface area contributed by atoms with E-state index in [0.717, 1.165) is 75.0 Å². The van der Waals surface area contributed by atoms with E-state index >= 15 is 0 Å². The van der Waals surface area contributed by atoms with Gasteiger partial charge >= 0.3 is 6.03 Å². The second-order valence-corrected chi connectivity index (χ2v) is 12.0. The molecule has 3 amide bonds. The number of piperidine rings is 1. The molecule has 8 heteroatoms. The molecule has 1 aromatic heterocycles. The van der Waals surface area contributed by atoms with Gasteiger partial charge in [-0.3, -0.25) is 14.3 Å². The molecule has 2 saturated heterocycles. The molecule has 3 fully saturated rings. The van der Waals surface area contributed by atoms with E-state index in [1.54, 1.807) is 6.92 Å². The molecule has 0 bridgehead atoms. The Hall–Kier alpha value is -2.38. The first-order valence-electron chi connectivity index (χ1n) is 13.7. The average molecular weight is 484 g/mol. The number of hydrogen-bond acceptors (Lipinski definition) is 4. The van der Waals surface area contributed by atoms with Crippen molar-refractivity contribution in [3.63, 3.8) is 0 Å². The van der Waals surface area contributed by atoms with Crippen LogP contribution in [0.3, 0.4) is 0 Å². The van der Waals surface area contributed by atoms with Gasteiger partial charge in [0.05, 0.1) is 29.0 Å². The van der Waals surface area contributed by atoms with Crippen LogP contribution in [0.15, 0.2) is 0 Å². The SMILES string of the molecule is CC(=O)N1CCC(n2nc([C@H]3CCCN3C(=O)NC3CCCCC3)c3c2CC(C)(C)CC3=O)CC1. The summed E-state index contributed by atoms with van der Waals surface area (Å²) in [4.78, 5) is 42.5. The predicted octanol–water partition coefficient (Wildman–Crippen LogP) is 4.40. The summed E-state index contributed by atoms with van der Waals surface area (Å²) in [5.74, 6) is 0.284. The van der Waals surface area contributed by atoms with Crippen molar-refractivity contribution >= 4 is 17.7 Å². The lowest BCUT2D eigenvalue weighted by molar-refractivity contribution is -0.130. The molecule has 1 saturated carbocycles. The Balaban J connectivity index is 1.44. The van der Waals surface area contributed by atoms with Crippen molar-refractivity contribution in [2.24, 2.45) is 5.41 Å². The van der Waals surface area contributed by atoms with Crippen molar-refractivity contribution in [3.8, 4) is 0 Å². The Morgan fingerprint density at radius 2 is 1.66 bits per heavy atom. The van der Waals surface area contributed by atoms with E-state index in [0.29, 0.717) is 13.0 Å². The number of urea groups is 1. The van der Waals surface area contributed by atoms with Crippen molar-refractivity contribution in [1.29, 1.82) is 0 Å². The summed E-state index contributed by atoms with van der Waals surface area (Å²) in [6.07, 6.45) is 10.5. The molecule has 0 unspecified atom stereocenters. The number of likely N-dealkylation sites (tertiary alicyclic amines) is 2. The van der Waals surface area contributed by atoms with Gasteiger partial charge in [-0.05, 0) is 50.4 Å². The molecule has 1 atom stereocenters. The zero-order valence-electron chi connectivity index (χ0n) is 21.6. The summed E-state index contributed by atoms with van der Waals surface area (Å²) >= 11 is 0. The van der Waals surface area contributed by atoms with Crippen molar-refractivity contribution in [2.75, 3.05) is 19.6 Å². The predicted molar refractivity (Wildman–Crippen MR) is 133 cm³/mol. The second-order valence-electron chi connectivity index (χ2n) is 12.0. The number of Topliss-reactive ketones (excluding diaryl/α,β-unsaturated/α-hetero) is 1. The maximum atomic E-state index is 13.5. The number of carbonyl (C=O) groups is 3. The van der Waals surface area contributed by atoms with E-state index in [4.69, 9.17) is 5.10 Å². The van der Waals surface area contributed by atoms with Crippen molar-refractivity contribution < 1.29 is 14.4 Å². The number of carbonyl (C=O) groups excluding carboxylic acids is 3. The summed E-state index contributed by atoms with van der Waals surface area (Å²) in [5.41, 5.74) is 2.53. The lowest BCUT2D eigenvalue weighted by Crippen LogP contribution is -2.45. The number of rotatable bonds is 3. The van der Waals surface area contributed by atoms with E-state index in [1.165, 1.54) is 19.3 Å². The normalized spacial score (nSPS) is 25.6. The highest BCUT2D eigenvalue weighted by Gasteiger charge is 2.42. The first kappa shape index (κ1) is 24.3. The summed E-state index contributed by atoms with van der Waals surface area (Å²) in [6, 6.07) is 0.302. The van der Waals surface area contributed by atoms with E-state index in [-0.39, 0.29) is 41.3 Å². The van der Waals surface area contributed by atoms with Crippen LogP contribution in [0, 0.1) is 5.41 Å². The van der Waals surface area contributed by atoms with Crippen LogP contribution in [0.1, 0.15) is 119 Å². The number of nitrogens with zero attached hydrogens (tertiary/aromatic N) is 4. The molecular weight excluding hydrogens is 442 g/mol. The highest BCUT2D eigenvalue weighted by atomic mass is 16.2. The Kier molecular flexibility index (Phi) is 6.66. The van der Waals surface area contributed by atoms with E-state index in [9.17, 15) is 14.4 Å². The number of hydrogen-bond donors (Lipinski definition) is 1. The maximum absolute atomic E-state index is 13.5. The van der Waals surface area contributed by atoms with Crippen LogP contribution in [0.5, 0.6) is 0 Å². The Morgan fingerprint density at radius 3 is 2.34 bits per heavy atom. The average Bonchev–Trinajstić information content (AvgIpc) is 3.44. The number of nitrogens with one attached hydrogen (secondary N) is 1. The molecule has 8 nitrogen and oxygen atoms in total. The molecule has 2 aliphatic heterocycles. The maximum Gasteiger partial charge on any atom is 0.318 e. The number of ketones is 1. The van der Waals surface area contributed by atoms with E-state index in [1.807, 2.05) is 9.80 Å². The zero-order chi connectivity index (χ0) is 24.7. The number of fused-ring (bicyclic) bond motifs is 1. The molecule has 4 aliphatic rings. The van der Waals surface area contributed by atoms with E-state index in [2.05, 4.69) is 23.8 Å². The van der Waals surface area contributed by atoms with Gasteiger partial charge in [-0.2, -0.15) is 5.10 Å². The van der Waals surface area contributed by atoms with Crippen molar-refractivity contribution in [2.45, 2.75) is 110 Å². The molecule has 0 aromatic carbocycles. The molecule has 2 aliphatic carbocycles. The second kappa shape index (κ2) is 9.58. The zero-order valence-corrected chi connectivity index (χ0v) is 21.6. The summed E-state index contributed by atoms with van der Waals surface area (Å²) in [5, 5.41) is 8.41. The first-order valence-corrected chi connectivity index (χ1v) is 13.7. The summed E-state index contributed by atoms with van der Waals surface area (Å²) in [7, 11) is 0. The molecule has 35 heavy (non-hydrogen) atoms. The fraction of sp³-hybridized carbons (Fsp3) is 0.778. The summed E-state index contributed by atoms with van der Waals surface area (Å²) < 4.78 is 2.12. The quantitative estimate of drug-likeness (QED) is 0.690. The van der Waals surface area contributed by atoms with Gasteiger partial charge in [-0.25, -0.2) is 4.79 Å². The molecular formula is C27H41N5O3. The minimum absolute atomic E-state index is 0.000977. The molecule has 1 aromatic rings. The van der Waals surface area contributed by atoms with Gasteiger partial charge in [0.15, 0.2) is 5.78 Å². The van der Waals surface area contributed by atoms with Gasteiger partial charge in [-0.1, -0.05) is 33.1 Å². The van der Waals surface area contributed by atoms with Crippen LogP contribution in [0.2, 0.25) is 0 Å². The Bertz CT molecular complexity index is 985. The monoisotopic (exact) mass is 483 g/mol. The van der Waals surface area contributed by atoms with Crippen LogP contribution < -0.4 is 5.32 Å². The highest BCUT2D eigenvalue weighted by Crippen LogP contribution is 2.43. The molecule has 0 radical (unpaired) electrons.